The second-order valence-electron chi connectivity index (χ2n) is 4.85. The molecule has 0 spiro atoms. The van der Waals surface area contributed by atoms with Crippen molar-refractivity contribution in [1.29, 1.82) is 0 Å². The van der Waals surface area contributed by atoms with E-state index in [4.69, 9.17) is 9.47 Å². The van der Waals surface area contributed by atoms with Crippen LogP contribution in [0.3, 0.4) is 0 Å². The largest absolute Gasteiger partial charge is 0.497 e. The van der Waals surface area contributed by atoms with Gasteiger partial charge in [-0.25, -0.2) is 4.79 Å². The van der Waals surface area contributed by atoms with Gasteiger partial charge in [0, 0.05) is 15.2 Å². The van der Waals surface area contributed by atoms with Crippen molar-refractivity contribution in [2.45, 2.75) is 0 Å². The van der Waals surface area contributed by atoms with Gasteiger partial charge in [0.05, 0.1) is 18.4 Å². The number of halogens is 1. The van der Waals surface area contributed by atoms with Crippen molar-refractivity contribution in [3.05, 3.63) is 69.8 Å². The SMILES string of the molecule is COc1ccc(-c2ccc(OC(=O)c3ccccc3I)nn2)cc1. The van der Waals surface area contributed by atoms with Gasteiger partial charge in [-0.15, -0.1) is 10.2 Å². The molecule has 24 heavy (non-hydrogen) atoms. The highest BCUT2D eigenvalue weighted by Crippen LogP contribution is 2.21. The summed E-state index contributed by atoms with van der Waals surface area (Å²) in [5.74, 6) is 0.484. The van der Waals surface area contributed by atoms with E-state index in [0.29, 0.717) is 11.3 Å². The van der Waals surface area contributed by atoms with Crippen molar-refractivity contribution in [2.24, 2.45) is 0 Å². The van der Waals surface area contributed by atoms with E-state index in [2.05, 4.69) is 32.8 Å². The molecule has 0 saturated carbocycles. The number of carbonyl (C=O) groups excluding carboxylic acids is 1. The topological polar surface area (TPSA) is 61.3 Å². The minimum atomic E-state index is -0.452. The third kappa shape index (κ3) is 3.70. The second-order valence-corrected chi connectivity index (χ2v) is 6.02. The molecule has 120 valence electrons. The maximum Gasteiger partial charge on any atom is 0.345 e. The van der Waals surface area contributed by atoms with Crippen LogP contribution >= 0.6 is 22.6 Å². The van der Waals surface area contributed by atoms with Gasteiger partial charge in [0.1, 0.15) is 5.75 Å². The van der Waals surface area contributed by atoms with E-state index in [-0.39, 0.29) is 5.88 Å². The van der Waals surface area contributed by atoms with Gasteiger partial charge in [0.25, 0.3) is 0 Å². The molecule has 3 rings (SSSR count). The summed E-state index contributed by atoms with van der Waals surface area (Å²) in [5, 5.41) is 8.07. The minimum absolute atomic E-state index is 0.164. The van der Waals surface area contributed by atoms with E-state index in [1.165, 1.54) is 0 Å². The third-order valence-electron chi connectivity index (χ3n) is 3.32. The Kier molecular flexibility index (Phi) is 5.05. The molecule has 1 heterocycles. The maximum absolute atomic E-state index is 12.2. The first-order valence-corrected chi connectivity index (χ1v) is 8.20. The van der Waals surface area contributed by atoms with Crippen LogP contribution in [0.1, 0.15) is 10.4 Å². The molecular formula is C18H13IN2O3. The Morgan fingerprint density at radius 3 is 2.33 bits per heavy atom. The Morgan fingerprint density at radius 1 is 0.958 bits per heavy atom. The van der Waals surface area contributed by atoms with E-state index in [1.54, 1.807) is 31.4 Å². The normalized spacial score (nSPS) is 10.2. The van der Waals surface area contributed by atoms with Crippen LogP contribution in [0.5, 0.6) is 11.6 Å². The molecule has 0 aliphatic heterocycles. The molecule has 0 radical (unpaired) electrons. The number of hydrogen-bond acceptors (Lipinski definition) is 5. The number of benzene rings is 2. The van der Waals surface area contributed by atoms with Gasteiger partial charge in [-0.05, 0) is 65.1 Å². The fourth-order valence-electron chi connectivity index (χ4n) is 2.07. The van der Waals surface area contributed by atoms with Crippen molar-refractivity contribution in [3.63, 3.8) is 0 Å². The summed E-state index contributed by atoms with van der Waals surface area (Å²) in [4.78, 5) is 12.2. The van der Waals surface area contributed by atoms with Crippen LogP contribution in [0.4, 0.5) is 0 Å². The number of nitrogens with zero attached hydrogens (tertiary/aromatic N) is 2. The van der Waals surface area contributed by atoms with Crippen LogP contribution in [0.2, 0.25) is 0 Å². The number of aromatic nitrogens is 2. The van der Waals surface area contributed by atoms with Crippen LogP contribution in [0.25, 0.3) is 11.3 Å². The van der Waals surface area contributed by atoms with Crippen molar-refractivity contribution < 1.29 is 14.3 Å². The monoisotopic (exact) mass is 432 g/mol. The number of methoxy groups -OCH3 is 1. The molecule has 1 aromatic heterocycles. The number of rotatable bonds is 4. The van der Waals surface area contributed by atoms with Crippen molar-refractivity contribution >= 4 is 28.6 Å². The first-order chi connectivity index (χ1) is 11.7. The van der Waals surface area contributed by atoms with Crippen LogP contribution in [0.15, 0.2) is 60.7 Å². The lowest BCUT2D eigenvalue weighted by molar-refractivity contribution is 0.0724. The molecule has 0 N–H and O–H groups in total. The van der Waals surface area contributed by atoms with Gasteiger partial charge >= 0.3 is 5.97 Å². The van der Waals surface area contributed by atoms with Crippen molar-refractivity contribution in [3.8, 4) is 22.9 Å². The molecule has 0 amide bonds. The van der Waals surface area contributed by atoms with E-state index in [9.17, 15) is 4.79 Å². The van der Waals surface area contributed by atoms with Gasteiger partial charge < -0.3 is 9.47 Å². The number of hydrogen-bond donors (Lipinski definition) is 0. The van der Waals surface area contributed by atoms with E-state index < -0.39 is 5.97 Å². The van der Waals surface area contributed by atoms with Gasteiger partial charge in [-0.1, -0.05) is 12.1 Å². The van der Waals surface area contributed by atoms with Crippen LogP contribution in [0, 0.1) is 3.57 Å². The molecule has 0 aliphatic rings. The highest BCUT2D eigenvalue weighted by molar-refractivity contribution is 14.1. The summed E-state index contributed by atoms with van der Waals surface area (Å²) < 4.78 is 11.2. The molecule has 0 unspecified atom stereocenters. The van der Waals surface area contributed by atoms with Crippen LogP contribution < -0.4 is 9.47 Å². The Hall–Kier alpha value is -2.48. The highest BCUT2D eigenvalue weighted by Gasteiger charge is 2.13. The van der Waals surface area contributed by atoms with Crippen molar-refractivity contribution in [2.75, 3.05) is 7.11 Å². The summed E-state index contributed by atoms with van der Waals surface area (Å²) in [6.07, 6.45) is 0. The Morgan fingerprint density at radius 2 is 1.71 bits per heavy atom. The zero-order valence-corrected chi connectivity index (χ0v) is 14.9. The summed E-state index contributed by atoms with van der Waals surface area (Å²) >= 11 is 2.09. The van der Waals surface area contributed by atoms with E-state index in [0.717, 1.165) is 14.9 Å². The summed E-state index contributed by atoms with van der Waals surface area (Å²) in [6, 6.07) is 18.1. The smallest absolute Gasteiger partial charge is 0.345 e. The summed E-state index contributed by atoms with van der Waals surface area (Å²) in [7, 11) is 1.62. The summed E-state index contributed by atoms with van der Waals surface area (Å²) in [6.45, 7) is 0. The van der Waals surface area contributed by atoms with Gasteiger partial charge in [-0.2, -0.15) is 0 Å². The standard InChI is InChI=1S/C18H13IN2O3/c1-23-13-8-6-12(7-9-13)16-10-11-17(21-20-16)24-18(22)14-4-2-3-5-15(14)19/h2-11H,1H3. The maximum atomic E-state index is 12.2. The lowest BCUT2D eigenvalue weighted by atomic mass is 10.1. The molecule has 5 nitrogen and oxygen atoms in total. The molecule has 0 atom stereocenters. The second kappa shape index (κ2) is 7.39. The average molecular weight is 432 g/mol. The predicted molar refractivity (Wildman–Crippen MR) is 98.1 cm³/mol. The number of carbonyl (C=O) groups is 1. The Balaban J connectivity index is 1.74. The average Bonchev–Trinajstić information content (AvgIpc) is 2.63. The van der Waals surface area contributed by atoms with E-state index in [1.807, 2.05) is 36.4 Å². The molecule has 3 aromatic rings. The van der Waals surface area contributed by atoms with Gasteiger partial charge in [0.15, 0.2) is 0 Å². The first-order valence-electron chi connectivity index (χ1n) is 7.12. The fourth-order valence-corrected chi connectivity index (χ4v) is 2.67. The molecule has 0 aliphatic carbocycles. The third-order valence-corrected chi connectivity index (χ3v) is 4.26. The van der Waals surface area contributed by atoms with Crippen LogP contribution in [-0.2, 0) is 0 Å². The molecule has 0 saturated heterocycles. The van der Waals surface area contributed by atoms with Gasteiger partial charge in [0.2, 0.25) is 5.88 Å². The first kappa shape index (κ1) is 16.4. The quantitative estimate of drug-likeness (QED) is 0.461. The minimum Gasteiger partial charge on any atom is -0.497 e. The Labute approximate surface area is 152 Å². The Bertz CT molecular complexity index is 849. The molecule has 0 bridgehead atoms. The molecule has 2 aromatic carbocycles. The number of ether oxygens (including phenoxy) is 2. The highest BCUT2D eigenvalue weighted by atomic mass is 127. The zero-order chi connectivity index (χ0) is 16.9. The fraction of sp³-hybridized carbons (Fsp3) is 0.0556. The van der Waals surface area contributed by atoms with Crippen molar-refractivity contribution in [1.82, 2.24) is 10.2 Å². The van der Waals surface area contributed by atoms with Gasteiger partial charge in [-0.3, -0.25) is 0 Å². The molecular weight excluding hydrogens is 419 g/mol. The number of esters is 1. The zero-order valence-electron chi connectivity index (χ0n) is 12.8. The molecule has 6 heteroatoms. The van der Waals surface area contributed by atoms with E-state index >= 15 is 0 Å². The summed E-state index contributed by atoms with van der Waals surface area (Å²) in [5.41, 5.74) is 2.09. The predicted octanol–water partition coefficient (Wildman–Crippen LogP) is 3.98. The van der Waals surface area contributed by atoms with Crippen LogP contribution in [-0.4, -0.2) is 23.3 Å². The molecule has 0 fully saturated rings. The lowest BCUT2D eigenvalue weighted by Crippen LogP contribution is -2.11. The lowest BCUT2D eigenvalue weighted by Gasteiger charge is -2.06.